The molecule has 1 aromatic heterocycles. The van der Waals surface area contributed by atoms with E-state index in [4.69, 9.17) is 16.0 Å². The van der Waals surface area contributed by atoms with Gasteiger partial charge in [0.2, 0.25) is 0 Å². The number of hydrogen-bond donors (Lipinski definition) is 3. The number of nitrogens with two attached hydrogens (primary N) is 1. The van der Waals surface area contributed by atoms with E-state index in [1.54, 1.807) is 6.07 Å². The molecule has 0 aliphatic heterocycles. The second-order valence-corrected chi connectivity index (χ2v) is 4.23. The van der Waals surface area contributed by atoms with Crippen LogP contribution in [0, 0.1) is 0 Å². The fraction of sp³-hybridized carbons (Fsp3) is 0.417. The van der Waals surface area contributed by atoms with Crippen molar-refractivity contribution >= 4 is 11.7 Å². The highest BCUT2D eigenvalue weighted by molar-refractivity contribution is 5.98. The van der Waals surface area contributed by atoms with Crippen LogP contribution in [0.15, 0.2) is 23.5 Å². The number of hydrogen-bond acceptors (Lipinski definition) is 5. The second-order valence-electron chi connectivity index (χ2n) is 4.23. The van der Waals surface area contributed by atoms with Gasteiger partial charge in [0.25, 0.3) is 5.91 Å². The lowest BCUT2D eigenvalue weighted by Gasteiger charge is -2.25. The smallest absolute Gasteiger partial charge is 0.272 e. The molecule has 1 aromatic rings. The van der Waals surface area contributed by atoms with Gasteiger partial charge in [-0.05, 0) is 26.0 Å². The van der Waals surface area contributed by atoms with Gasteiger partial charge in [0.05, 0.1) is 6.61 Å². The Balaban J connectivity index is 2.93. The highest BCUT2D eigenvalue weighted by atomic mass is 16.4. The van der Waals surface area contributed by atoms with Gasteiger partial charge < -0.3 is 20.9 Å². The summed E-state index contributed by atoms with van der Waals surface area (Å²) in [5.74, 6) is -0.335. The molecule has 104 valence electrons. The number of amides is 1. The topological polar surface area (TPSA) is 112 Å². The Bertz CT molecular complexity index is 457. The van der Waals surface area contributed by atoms with Crippen LogP contribution in [0.25, 0.3) is 0 Å². The maximum atomic E-state index is 12.2. The van der Waals surface area contributed by atoms with Crippen LogP contribution >= 0.6 is 0 Å². The van der Waals surface area contributed by atoms with E-state index in [2.05, 4.69) is 10.1 Å². The van der Waals surface area contributed by atoms with Crippen LogP contribution in [0.5, 0.6) is 0 Å². The van der Waals surface area contributed by atoms with Crippen LogP contribution in [0.1, 0.15) is 29.9 Å². The molecule has 0 aromatic carbocycles. The van der Waals surface area contributed by atoms with E-state index < -0.39 is 0 Å². The van der Waals surface area contributed by atoms with Crippen molar-refractivity contribution in [2.75, 3.05) is 13.2 Å². The van der Waals surface area contributed by atoms with E-state index in [9.17, 15) is 4.79 Å². The number of nitrogens with zero attached hydrogens (tertiary/aromatic N) is 3. The standard InChI is InChI=1S/C12H18N4O3/c1-8(2)16(5-6-17)12(18)10-4-3-9(7-14-10)11(13)15-19/h3-4,7-8,17,19H,5-6H2,1-2H3,(H2,13,15). The Morgan fingerprint density at radius 3 is 2.63 bits per heavy atom. The lowest BCUT2D eigenvalue weighted by Crippen LogP contribution is -2.39. The predicted octanol–water partition coefficient (Wildman–Crippen LogP) is 0.0190. The van der Waals surface area contributed by atoms with E-state index in [0.29, 0.717) is 5.56 Å². The maximum absolute atomic E-state index is 12.2. The molecule has 0 fully saturated rings. The van der Waals surface area contributed by atoms with Crippen molar-refractivity contribution in [2.24, 2.45) is 10.9 Å². The van der Waals surface area contributed by atoms with Gasteiger partial charge in [-0.15, -0.1) is 0 Å². The molecule has 0 bridgehead atoms. The average molecular weight is 266 g/mol. The molecule has 0 aliphatic rings. The first-order valence-electron chi connectivity index (χ1n) is 5.87. The number of aliphatic hydroxyl groups excluding tert-OH is 1. The normalized spacial score (nSPS) is 11.7. The first-order chi connectivity index (χ1) is 9.01. The minimum Gasteiger partial charge on any atom is -0.409 e. The lowest BCUT2D eigenvalue weighted by molar-refractivity contribution is 0.0659. The molecule has 0 unspecified atom stereocenters. The number of carbonyl (C=O) groups excluding carboxylic acids is 1. The summed E-state index contributed by atoms with van der Waals surface area (Å²) < 4.78 is 0. The molecule has 0 spiro atoms. The molecule has 1 heterocycles. The summed E-state index contributed by atoms with van der Waals surface area (Å²) in [4.78, 5) is 17.7. The number of oxime groups is 1. The van der Waals surface area contributed by atoms with Crippen LogP contribution in [0.3, 0.4) is 0 Å². The molecular formula is C12H18N4O3. The summed E-state index contributed by atoms with van der Waals surface area (Å²) in [6.07, 6.45) is 1.36. The lowest BCUT2D eigenvalue weighted by atomic mass is 10.2. The van der Waals surface area contributed by atoms with Crippen LogP contribution in [0.2, 0.25) is 0 Å². The van der Waals surface area contributed by atoms with E-state index >= 15 is 0 Å². The molecular weight excluding hydrogens is 248 g/mol. The van der Waals surface area contributed by atoms with Crippen LogP contribution in [-0.4, -0.2) is 51.1 Å². The third-order valence-electron chi connectivity index (χ3n) is 2.61. The quantitative estimate of drug-likeness (QED) is 0.301. The van der Waals surface area contributed by atoms with Gasteiger partial charge >= 0.3 is 0 Å². The number of pyridine rings is 1. The maximum Gasteiger partial charge on any atom is 0.272 e. The van der Waals surface area contributed by atoms with Crippen molar-refractivity contribution in [1.29, 1.82) is 0 Å². The van der Waals surface area contributed by atoms with Gasteiger partial charge in [-0.1, -0.05) is 5.16 Å². The van der Waals surface area contributed by atoms with E-state index in [1.807, 2.05) is 13.8 Å². The van der Waals surface area contributed by atoms with E-state index in [-0.39, 0.29) is 36.6 Å². The van der Waals surface area contributed by atoms with Crippen molar-refractivity contribution < 1.29 is 15.1 Å². The Hall–Kier alpha value is -2.15. The monoisotopic (exact) mass is 266 g/mol. The molecule has 7 heteroatoms. The Kier molecular flexibility index (Phi) is 5.25. The fourth-order valence-electron chi connectivity index (χ4n) is 1.58. The largest absolute Gasteiger partial charge is 0.409 e. The van der Waals surface area contributed by atoms with Gasteiger partial charge in [-0.2, -0.15) is 0 Å². The minimum atomic E-state index is -0.268. The summed E-state index contributed by atoms with van der Waals surface area (Å²) >= 11 is 0. The highest BCUT2D eigenvalue weighted by Crippen LogP contribution is 2.07. The first kappa shape index (κ1) is 14.9. The van der Waals surface area contributed by atoms with Gasteiger partial charge in [-0.25, -0.2) is 0 Å². The molecule has 1 rings (SSSR count). The molecule has 0 radical (unpaired) electrons. The molecule has 0 atom stereocenters. The summed E-state index contributed by atoms with van der Waals surface area (Å²) in [6.45, 7) is 3.86. The predicted molar refractivity (Wildman–Crippen MR) is 70.0 cm³/mol. The summed E-state index contributed by atoms with van der Waals surface area (Å²) in [6, 6.07) is 3.01. The van der Waals surface area contributed by atoms with Gasteiger partial charge in [-0.3, -0.25) is 9.78 Å². The van der Waals surface area contributed by atoms with Crippen LogP contribution < -0.4 is 5.73 Å². The number of amidine groups is 1. The summed E-state index contributed by atoms with van der Waals surface area (Å²) in [7, 11) is 0. The molecule has 4 N–H and O–H groups in total. The zero-order valence-corrected chi connectivity index (χ0v) is 10.9. The fourth-order valence-corrected chi connectivity index (χ4v) is 1.58. The molecule has 19 heavy (non-hydrogen) atoms. The number of carbonyl (C=O) groups is 1. The van der Waals surface area contributed by atoms with Crippen molar-refractivity contribution in [3.63, 3.8) is 0 Å². The average Bonchev–Trinajstić information content (AvgIpc) is 2.43. The third-order valence-corrected chi connectivity index (χ3v) is 2.61. The number of aromatic nitrogens is 1. The van der Waals surface area contributed by atoms with Gasteiger partial charge in [0.15, 0.2) is 5.84 Å². The van der Waals surface area contributed by atoms with Crippen molar-refractivity contribution in [2.45, 2.75) is 19.9 Å². The van der Waals surface area contributed by atoms with Crippen molar-refractivity contribution in [3.05, 3.63) is 29.6 Å². The zero-order valence-electron chi connectivity index (χ0n) is 10.9. The molecule has 7 nitrogen and oxygen atoms in total. The van der Waals surface area contributed by atoms with E-state index in [0.717, 1.165) is 0 Å². The summed E-state index contributed by atoms with van der Waals surface area (Å²) in [5.41, 5.74) is 6.08. The Morgan fingerprint density at radius 2 is 2.21 bits per heavy atom. The third kappa shape index (κ3) is 3.65. The molecule has 0 aliphatic carbocycles. The highest BCUT2D eigenvalue weighted by Gasteiger charge is 2.19. The summed E-state index contributed by atoms with van der Waals surface area (Å²) in [5, 5.41) is 20.3. The van der Waals surface area contributed by atoms with Crippen molar-refractivity contribution in [3.8, 4) is 0 Å². The number of aliphatic hydroxyl groups is 1. The molecule has 0 saturated heterocycles. The molecule has 0 saturated carbocycles. The first-order valence-corrected chi connectivity index (χ1v) is 5.87. The SMILES string of the molecule is CC(C)N(CCO)C(=O)c1ccc(C(N)=NO)cn1. The van der Waals surface area contributed by atoms with E-state index in [1.165, 1.54) is 17.2 Å². The number of rotatable bonds is 5. The van der Waals surface area contributed by atoms with Gasteiger partial charge in [0, 0.05) is 24.3 Å². The van der Waals surface area contributed by atoms with Crippen molar-refractivity contribution in [1.82, 2.24) is 9.88 Å². The zero-order chi connectivity index (χ0) is 14.4. The minimum absolute atomic E-state index is 0.0369. The van der Waals surface area contributed by atoms with Crippen LogP contribution in [0.4, 0.5) is 0 Å². The Morgan fingerprint density at radius 1 is 1.53 bits per heavy atom. The van der Waals surface area contributed by atoms with Crippen LogP contribution in [-0.2, 0) is 0 Å². The Labute approximate surface area is 111 Å². The van der Waals surface area contributed by atoms with Gasteiger partial charge in [0.1, 0.15) is 5.69 Å². The second kappa shape index (κ2) is 6.69. The molecule has 1 amide bonds.